The zero-order chi connectivity index (χ0) is 18.8. The van der Waals surface area contributed by atoms with E-state index in [0.717, 1.165) is 28.6 Å². The van der Waals surface area contributed by atoms with Crippen molar-refractivity contribution in [2.45, 2.75) is 12.5 Å². The molecule has 5 heteroatoms. The third-order valence-corrected chi connectivity index (χ3v) is 5.42. The van der Waals surface area contributed by atoms with Crippen molar-refractivity contribution in [3.8, 4) is 11.1 Å². The topological polar surface area (TPSA) is 56.9 Å². The Morgan fingerprint density at radius 3 is 2.85 bits per heavy atom. The van der Waals surface area contributed by atoms with Crippen molar-refractivity contribution >= 4 is 16.9 Å². The van der Waals surface area contributed by atoms with Gasteiger partial charge in [0, 0.05) is 43.2 Å². The van der Waals surface area contributed by atoms with Gasteiger partial charge in [0.05, 0.1) is 6.26 Å². The van der Waals surface area contributed by atoms with Crippen molar-refractivity contribution in [2.75, 3.05) is 33.3 Å². The number of aliphatic hydroxyl groups excluding tert-OH is 1. The molecule has 1 N–H and O–H groups in total. The second-order valence-corrected chi connectivity index (χ2v) is 7.15. The van der Waals surface area contributed by atoms with Gasteiger partial charge < -0.3 is 14.4 Å². The quantitative estimate of drug-likeness (QED) is 0.772. The molecular formula is C22H24N2O3. The highest BCUT2D eigenvalue weighted by atomic mass is 16.3. The number of nitrogens with zero attached hydrogens (tertiary/aromatic N) is 2. The maximum Gasteiger partial charge on any atom is 0.253 e. The third kappa shape index (κ3) is 3.61. The van der Waals surface area contributed by atoms with Crippen LogP contribution < -0.4 is 0 Å². The lowest BCUT2D eigenvalue weighted by atomic mass is 10.0. The van der Waals surface area contributed by atoms with Gasteiger partial charge >= 0.3 is 0 Å². The molecule has 5 nitrogen and oxygen atoms in total. The summed E-state index contributed by atoms with van der Waals surface area (Å²) >= 11 is 0. The van der Waals surface area contributed by atoms with E-state index in [-0.39, 0.29) is 18.6 Å². The molecule has 2 aromatic carbocycles. The number of carbonyl (C=O) groups is 1. The average molecular weight is 364 g/mol. The molecule has 1 atom stereocenters. The Morgan fingerprint density at radius 2 is 2.00 bits per heavy atom. The van der Waals surface area contributed by atoms with Crippen LogP contribution in [0.3, 0.4) is 0 Å². The molecule has 0 saturated carbocycles. The van der Waals surface area contributed by atoms with Crippen molar-refractivity contribution in [2.24, 2.45) is 0 Å². The van der Waals surface area contributed by atoms with E-state index in [0.29, 0.717) is 25.1 Å². The number of carbonyl (C=O) groups excluding carboxylic acids is 1. The molecule has 1 aromatic heterocycles. The predicted molar refractivity (Wildman–Crippen MR) is 106 cm³/mol. The number of aliphatic hydroxyl groups is 1. The van der Waals surface area contributed by atoms with Crippen LogP contribution in [0.4, 0.5) is 0 Å². The molecule has 1 saturated heterocycles. The number of benzene rings is 2. The minimum absolute atomic E-state index is 0.0530. The number of rotatable bonds is 4. The van der Waals surface area contributed by atoms with Gasteiger partial charge in [-0.15, -0.1) is 0 Å². The second kappa shape index (κ2) is 7.55. The molecule has 3 aromatic rings. The fourth-order valence-corrected chi connectivity index (χ4v) is 3.75. The highest BCUT2D eigenvalue weighted by Crippen LogP contribution is 2.26. The molecule has 0 unspecified atom stereocenters. The van der Waals surface area contributed by atoms with E-state index in [4.69, 9.17) is 4.42 Å². The summed E-state index contributed by atoms with van der Waals surface area (Å²) in [6.07, 6.45) is 2.37. The van der Waals surface area contributed by atoms with Gasteiger partial charge in [-0.2, -0.15) is 0 Å². The van der Waals surface area contributed by atoms with E-state index in [9.17, 15) is 9.90 Å². The van der Waals surface area contributed by atoms with E-state index in [2.05, 4.69) is 18.0 Å². The van der Waals surface area contributed by atoms with Gasteiger partial charge in [-0.3, -0.25) is 9.69 Å². The molecule has 0 spiro atoms. The highest BCUT2D eigenvalue weighted by Gasteiger charge is 2.27. The normalized spacial score (nSPS) is 18.1. The van der Waals surface area contributed by atoms with E-state index < -0.39 is 0 Å². The van der Waals surface area contributed by atoms with Crippen molar-refractivity contribution in [1.29, 1.82) is 0 Å². The Bertz CT molecular complexity index is 949. The largest absolute Gasteiger partial charge is 0.464 e. The summed E-state index contributed by atoms with van der Waals surface area (Å²) < 4.78 is 5.41. The van der Waals surface area contributed by atoms with Crippen molar-refractivity contribution < 1.29 is 14.3 Å². The molecule has 1 aliphatic rings. The zero-order valence-electron chi connectivity index (χ0n) is 15.5. The Kier molecular flexibility index (Phi) is 4.97. The molecule has 2 heterocycles. The lowest BCUT2D eigenvalue weighted by molar-refractivity contribution is 0.0500. The molecule has 1 amide bonds. The van der Waals surface area contributed by atoms with Crippen molar-refractivity contribution in [1.82, 2.24) is 9.80 Å². The van der Waals surface area contributed by atoms with E-state index in [1.54, 1.807) is 6.26 Å². The van der Waals surface area contributed by atoms with Crippen molar-refractivity contribution in [3.63, 3.8) is 0 Å². The number of hydrogen-bond donors (Lipinski definition) is 1. The lowest BCUT2D eigenvalue weighted by Crippen LogP contribution is -2.53. The predicted octanol–water partition coefficient (Wildman–Crippen LogP) is 3.24. The fraction of sp³-hybridized carbons (Fsp3) is 0.318. The molecule has 27 heavy (non-hydrogen) atoms. The van der Waals surface area contributed by atoms with E-state index >= 15 is 0 Å². The van der Waals surface area contributed by atoms with Crippen LogP contribution in [0.25, 0.3) is 22.1 Å². The van der Waals surface area contributed by atoms with Crippen LogP contribution in [0.5, 0.6) is 0 Å². The first kappa shape index (κ1) is 17.8. The summed E-state index contributed by atoms with van der Waals surface area (Å²) in [5.74, 6) is 0.0530. The molecule has 1 fully saturated rings. The summed E-state index contributed by atoms with van der Waals surface area (Å²) in [6.45, 7) is 2.33. The van der Waals surface area contributed by atoms with Crippen LogP contribution >= 0.6 is 0 Å². The van der Waals surface area contributed by atoms with Crippen LogP contribution in [-0.2, 0) is 0 Å². The summed E-state index contributed by atoms with van der Waals surface area (Å²) in [7, 11) is 2.05. The second-order valence-electron chi connectivity index (χ2n) is 7.15. The van der Waals surface area contributed by atoms with Gasteiger partial charge in [0.2, 0.25) is 0 Å². The van der Waals surface area contributed by atoms with Crippen LogP contribution in [-0.4, -0.2) is 60.1 Å². The maximum absolute atomic E-state index is 13.0. The maximum atomic E-state index is 13.0. The van der Waals surface area contributed by atoms with Crippen molar-refractivity contribution in [3.05, 3.63) is 60.4 Å². The first-order valence-electron chi connectivity index (χ1n) is 9.34. The first-order chi connectivity index (χ1) is 13.2. The van der Waals surface area contributed by atoms with Crippen LogP contribution in [0.15, 0.2) is 59.2 Å². The van der Waals surface area contributed by atoms with Crippen LogP contribution in [0.1, 0.15) is 16.8 Å². The highest BCUT2D eigenvalue weighted by molar-refractivity contribution is 5.96. The Balaban J connectivity index is 1.57. The van der Waals surface area contributed by atoms with Gasteiger partial charge in [-0.05, 0) is 54.9 Å². The first-order valence-corrected chi connectivity index (χ1v) is 9.34. The smallest absolute Gasteiger partial charge is 0.253 e. The third-order valence-electron chi connectivity index (χ3n) is 5.42. The van der Waals surface area contributed by atoms with Gasteiger partial charge in [-0.25, -0.2) is 0 Å². The fourth-order valence-electron chi connectivity index (χ4n) is 3.75. The molecular weight excluding hydrogens is 340 g/mol. The Morgan fingerprint density at radius 1 is 1.15 bits per heavy atom. The molecule has 0 aliphatic carbocycles. The molecule has 4 rings (SSSR count). The number of amides is 1. The number of hydrogen-bond acceptors (Lipinski definition) is 4. The number of furan rings is 1. The van der Waals surface area contributed by atoms with E-state index in [1.165, 1.54) is 0 Å². The summed E-state index contributed by atoms with van der Waals surface area (Å²) in [5.41, 5.74) is 3.64. The molecule has 0 radical (unpaired) electrons. The van der Waals surface area contributed by atoms with E-state index in [1.807, 2.05) is 47.4 Å². The number of fused-ring (bicyclic) bond motifs is 1. The van der Waals surface area contributed by atoms with Gasteiger partial charge in [-0.1, -0.05) is 18.2 Å². The number of likely N-dealkylation sites (N-methyl/N-ethyl adjacent to an activating group) is 1. The summed E-state index contributed by atoms with van der Waals surface area (Å²) in [4.78, 5) is 17.2. The lowest BCUT2D eigenvalue weighted by Gasteiger charge is -2.39. The summed E-state index contributed by atoms with van der Waals surface area (Å²) in [5, 5.41) is 10.3. The van der Waals surface area contributed by atoms with Gasteiger partial charge in [0.25, 0.3) is 5.91 Å². The Hall–Kier alpha value is -2.63. The van der Waals surface area contributed by atoms with Gasteiger partial charge in [0.15, 0.2) is 0 Å². The monoisotopic (exact) mass is 364 g/mol. The molecule has 0 bridgehead atoms. The summed E-state index contributed by atoms with van der Waals surface area (Å²) in [6, 6.07) is 16.0. The SMILES string of the molecule is CN1CCN(C(=O)c2cccc(-c3ccc4occc4c3)c2)C[C@@H]1CCO. The van der Waals surface area contributed by atoms with Crippen LogP contribution in [0, 0.1) is 0 Å². The standard InChI is InChI=1S/C22H24N2O3/c1-23-9-10-24(15-20(23)7-11-25)22(26)19-4-2-3-16(14-19)17-5-6-21-18(13-17)8-12-27-21/h2-6,8,12-14,20,25H,7,9-11,15H2,1H3/t20-/m0/s1. The molecule has 140 valence electrons. The zero-order valence-corrected chi connectivity index (χ0v) is 15.5. The van der Waals surface area contributed by atoms with Gasteiger partial charge in [0.1, 0.15) is 5.58 Å². The minimum Gasteiger partial charge on any atom is -0.464 e. The minimum atomic E-state index is 0.0530. The average Bonchev–Trinajstić information content (AvgIpc) is 3.17. The number of piperazine rings is 1. The van der Waals surface area contributed by atoms with Crippen LogP contribution in [0.2, 0.25) is 0 Å². The Labute approximate surface area is 158 Å². The molecule has 1 aliphatic heterocycles.